The number of sulfonamides is 1. The molecule has 0 bridgehead atoms. The van der Waals surface area contributed by atoms with Crippen molar-refractivity contribution in [3.8, 4) is 0 Å². The molecule has 0 aliphatic rings. The largest absolute Gasteiger partial charge is 0.511 e. The van der Waals surface area contributed by atoms with Crippen LogP contribution in [0.1, 0.15) is 18.5 Å². The molecule has 184 valence electrons. The van der Waals surface area contributed by atoms with Gasteiger partial charge in [-0.25, -0.2) is 35.0 Å². The molecule has 34 heavy (non-hydrogen) atoms. The molecule has 0 fully saturated rings. The average Bonchev–Trinajstić information content (AvgIpc) is 3.28. The van der Waals surface area contributed by atoms with Crippen LogP contribution in [0.25, 0.3) is 0 Å². The normalized spacial score (nSPS) is 14.1. The lowest BCUT2D eigenvalue weighted by atomic mass is 10.1. The first-order valence-electron chi connectivity index (χ1n) is 9.05. The molecule has 3 rings (SSSR count). The topological polar surface area (TPSA) is 143 Å². The number of aromatic amines is 1. The molecule has 2 aromatic carbocycles. The molecule has 1 heterocycles. The van der Waals surface area contributed by atoms with E-state index in [0.717, 1.165) is 43.3 Å². The fourth-order valence-corrected chi connectivity index (χ4v) is 7.04. The van der Waals surface area contributed by atoms with Gasteiger partial charge in [0.05, 0.1) is 14.7 Å². The summed E-state index contributed by atoms with van der Waals surface area (Å²) in [6.07, 6.45) is 2.40. The molecule has 1 aromatic heterocycles. The van der Waals surface area contributed by atoms with Crippen LogP contribution in [0.4, 0.5) is 13.2 Å². The fourth-order valence-electron chi connectivity index (χ4n) is 2.85. The smallest absolute Gasteiger partial charge is 0.335 e. The second kappa shape index (κ2) is 8.96. The fraction of sp³-hybridized carbons (Fsp3) is 0.167. The van der Waals surface area contributed by atoms with Gasteiger partial charge in [0, 0.05) is 23.5 Å². The minimum absolute atomic E-state index is 0.0336. The summed E-state index contributed by atoms with van der Waals surface area (Å²) in [6.45, 7) is 1.14. The molecule has 3 aromatic rings. The van der Waals surface area contributed by atoms with Crippen LogP contribution < -0.4 is 4.72 Å². The Balaban J connectivity index is 2.01. The maximum absolute atomic E-state index is 13.2. The highest BCUT2D eigenvalue weighted by molar-refractivity contribution is 7.94. The molecule has 1 atom stereocenters. The molecule has 0 aliphatic heterocycles. The Kier molecular flexibility index (Phi) is 6.89. The molecule has 16 heteroatoms. The molecule has 0 spiro atoms. The van der Waals surface area contributed by atoms with E-state index in [1.54, 1.807) is 0 Å². The van der Waals surface area contributed by atoms with E-state index in [2.05, 4.69) is 9.97 Å². The second-order valence-corrected chi connectivity index (χ2v) is 12.7. The molecule has 0 amide bonds. The number of hydrogen-bond donors (Lipinski definition) is 2. The van der Waals surface area contributed by atoms with Crippen molar-refractivity contribution in [1.82, 2.24) is 14.7 Å². The SMILES string of the molecule is CC(NS(=O)(=O)C(F)(F)F)c1ccc(S(=O)(=O)c2ccc(Cl)cc2S(=O)(=O)c2ncc[nH]2)cc1. The van der Waals surface area contributed by atoms with E-state index in [0.29, 0.717) is 0 Å². The number of H-pyrrole nitrogens is 1. The molecule has 9 nitrogen and oxygen atoms in total. The number of aromatic nitrogens is 2. The molecule has 0 aliphatic carbocycles. The Morgan fingerprint density at radius 1 is 0.941 bits per heavy atom. The maximum atomic E-state index is 13.2. The number of hydrogen-bond acceptors (Lipinski definition) is 7. The van der Waals surface area contributed by atoms with Crippen LogP contribution in [0, 0.1) is 0 Å². The van der Waals surface area contributed by atoms with Gasteiger partial charge in [0.2, 0.25) is 24.8 Å². The van der Waals surface area contributed by atoms with Gasteiger partial charge in [-0.1, -0.05) is 23.7 Å². The van der Waals surface area contributed by atoms with E-state index >= 15 is 0 Å². The van der Waals surface area contributed by atoms with Crippen LogP contribution in [-0.2, 0) is 29.7 Å². The third-order valence-corrected chi connectivity index (χ3v) is 9.65. The van der Waals surface area contributed by atoms with E-state index in [4.69, 9.17) is 11.6 Å². The first kappa shape index (κ1) is 26.2. The summed E-state index contributed by atoms with van der Waals surface area (Å²) in [5.41, 5.74) is -5.49. The Labute approximate surface area is 197 Å². The maximum Gasteiger partial charge on any atom is 0.511 e. The first-order valence-corrected chi connectivity index (χ1v) is 13.9. The molecule has 1 unspecified atom stereocenters. The average molecular weight is 558 g/mol. The zero-order valence-electron chi connectivity index (χ0n) is 16.9. The predicted octanol–water partition coefficient (Wildman–Crippen LogP) is 3.23. The van der Waals surface area contributed by atoms with Crippen LogP contribution >= 0.6 is 11.6 Å². The van der Waals surface area contributed by atoms with Crippen LogP contribution in [0.15, 0.2) is 74.7 Å². The lowest BCUT2D eigenvalue weighted by Crippen LogP contribution is -2.37. The summed E-state index contributed by atoms with van der Waals surface area (Å²) in [6, 6.07) is 6.03. The zero-order chi connectivity index (χ0) is 25.5. The van der Waals surface area contributed by atoms with Crippen LogP contribution in [0.5, 0.6) is 0 Å². The van der Waals surface area contributed by atoms with Crippen molar-refractivity contribution in [1.29, 1.82) is 0 Å². The van der Waals surface area contributed by atoms with Crippen molar-refractivity contribution in [2.75, 3.05) is 0 Å². The number of alkyl halides is 3. The van der Waals surface area contributed by atoms with Gasteiger partial charge in [-0.3, -0.25) is 0 Å². The molecule has 2 N–H and O–H groups in total. The molecule has 0 saturated carbocycles. The number of sulfone groups is 2. The van der Waals surface area contributed by atoms with Gasteiger partial charge in [-0.05, 0) is 42.8 Å². The number of rotatable bonds is 7. The Morgan fingerprint density at radius 2 is 1.56 bits per heavy atom. The minimum Gasteiger partial charge on any atom is -0.335 e. The third-order valence-electron chi connectivity index (χ3n) is 4.54. The van der Waals surface area contributed by atoms with E-state index in [1.165, 1.54) is 23.2 Å². The molecule has 0 radical (unpaired) electrons. The van der Waals surface area contributed by atoms with Crippen LogP contribution in [0.3, 0.4) is 0 Å². The Morgan fingerprint density at radius 3 is 2.09 bits per heavy atom. The number of imidazole rings is 1. The van der Waals surface area contributed by atoms with E-state index in [1.807, 2.05) is 0 Å². The van der Waals surface area contributed by atoms with Gasteiger partial charge in [0.1, 0.15) is 0 Å². The van der Waals surface area contributed by atoms with Gasteiger partial charge in [-0.2, -0.15) is 13.2 Å². The summed E-state index contributed by atoms with van der Waals surface area (Å²) in [4.78, 5) is 4.41. The van der Waals surface area contributed by atoms with Crippen LogP contribution in [-0.4, -0.2) is 40.7 Å². The van der Waals surface area contributed by atoms with E-state index < -0.39 is 56.2 Å². The van der Waals surface area contributed by atoms with Crippen molar-refractivity contribution in [3.63, 3.8) is 0 Å². The standard InChI is InChI=1S/C18H15ClF3N3O6S3/c1-11(25-34(30,31)18(20,21)22)12-2-5-14(6-3-12)32(26,27)15-7-4-13(19)10-16(15)33(28,29)17-23-8-9-24-17/h2-11,25H,1H3,(H,23,24). The predicted molar refractivity (Wildman–Crippen MR) is 114 cm³/mol. The van der Waals surface area contributed by atoms with Crippen LogP contribution in [0.2, 0.25) is 5.02 Å². The summed E-state index contributed by atoms with van der Waals surface area (Å²) >= 11 is 5.89. The molecular weight excluding hydrogens is 543 g/mol. The zero-order valence-corrected chi connectivity index (χ0v) is 20.1. The van der Waals surface area contributed by atoms with Crippen molar-refractivity contribution in [3.05, 3.63) is 65.4 Å². The summed E-state index contributed by atoms with van der Waals surface area (Å²) < 4.78 is 114. The Hall–Kier alpha value is -2.46. The number of nitrogens with one attached hydrogen (secondary N) is 2. The van der Waals surface area contributed by atoms with E-state index in [9.17, 15) is 38.4 Å². The first-order chi connectivity index (χ1) is 15.6. The Bertz CT molecular complexity index is 1520. The highest BCUT2D eigenvalue weighted by atomic mass is 35.5. The van der Waals surface area contributed by atoms with Gasteiger partial charge in [0.25, 0.3) is 0 Å². The molecular formula is C18H15ClF3N3O6S3. The number of nitrogens with zero attached hydrogens (tertiary/aromatic N) is 1. The van der Waals surface area contributed by atoms with Gasteiger partial charge < -0.3 is 4.98 Å². The highest BCUT2D eigenvalue weighted by Crippen LogP contribution is 2.33. The monoisotopic (exact) mass is 557 g/mol. The minimum atomic E-state index is -5.63. The summed E-state index contributed by atoms with van der Waals surface area (Å²) in [5.74, 6) is 0. The van der Waals surface area contributed by atoms with E-state index in [-0.39, 0.29) is 15.5 Å². The quantitative estimate of drug-likeness (QED) is 0.454. The highest BCUT2D eigenvalue weighted by Gasteiger charge is 2.46. The third kappa shape index (κ3) is 4.98. The van der Waals surface area contributed by atoms with Gasteiger partial charge in [-0.15, -0.1) is 0 Å². The van der Waals surface area contributed by atoms with Crippen molar-refractivity contribution < 1.29 is 38.4 Å². The number of benzene rings is 2. The van der Waals surface area contributed by atoms with Crippen molar-refractivity contribution >= 4 is 41.3 Å². The lowest BCUT2D eigenvalue weighted by molar-refractivity contribution is -0.0450. The lowest BCUT2D eigenvalue weighted by Gasteiger charge is -2.16. The van der Waals surface area contributed by atoms with Gasteiger partial charge >= 0.3 is 15.5 Å². The summed E-state index contributed by atoms with van der Waals surface area (Å²) in [5, 5.41) is -0.558. The second-order valence-electron chi connectivity index (χ2n) is 6.85. The van der Waals surface area contributed by atoms with Gasteiger partial charge in [0.15, 0.2) is 0 Å². The van der Waals surface area contributed by atoms with Crippen molar-refractivity contribution in [2.24, 2.45) is 0 Å². The number of halogens is 4. The summed E-state index contributed by atoms with van der Waals surface area (Å²) in [7, 11) is -14.5. The molecule has 0 saturated heterocycles. The van der Waals surface area contributed by atoms with Crippen molar-refractivity contribution in [2.45, 2.75) is 38.3 Å².